The first-order chi connectivity index (χ1) is 13.9. The van der Waals surface area contributed by atoms with Crippen molar-refractivity contribution in [1.82, 2.24) is 9.88 Å². The molecule has 2 aromatic carbocycles. The molecule has 0 fully saturated rings. The minimum absolute atomic E-state index is 0. The molecule has 7 heteroatoms. The Morgan fingerprint density at radius 1 is 1.03 bits per heavy atom. The molecule has 0 atom stereocenters. The second-order valence-electron chi connectivity index (χ2n) is 7.58. The van der Waals surface area contributed by atoms with Gasteiger partial charge in [0.25, 0.3) is 0 Å². The Morgan fingerprint density at radius 3 is 2.43 bits per heavy atom. The lowest BCUT2D eigenvalue weighted by molar-refractivity contribution is -0.118. The number of thiazole rings is 1. The Labute approximate surface area is 194 Å². The van der Waals surface area contributed by atoms with Gasteiger partial charge >= 0.3 is 0 Å². The number of thioether (sulfide) groups is 1. The number of anilines is 1. The van der Waals surface area contributed by atoms with Crippen molar-refractivity contribution in [3.8, 4) is 0 Å². The van der Waals surface area contributed by atoms with Crippen molar-refractivity contribution < 1.29 is 4.79 Å². The number of amides is 1. The fourth-order valence-electron chi connectivity index (χ4n) is 2.95. The molecule has 0 saturated carbocycles. The second-order valence-corrected chi connectivity index (χ2v) is 9.76. The van der Waals surface area contributed by atoms with Crippen molar-refractivity contribution in [2.24, 2.45) is 0 Å². The molecule has 0 radical (unpaired) electrons. The summed E-state index contributed by atoms with van der Waals surface area (Å²) in [6, 6.07) is 14.8. The van der Waals surface area contributed by atoms with E-state index >= 15 is 0 Å². The molecule has 1 heterocycles. The smallest absolute Gasteiger partial charge is 0.228 e. The number of likely N-dealkylation sites (N-methyl/N-ethyl adjacent to an activating group) is 1. The van der Waals surface area contributed by atoms with Gasteiger partial charge in [0.15, 0.2) is 5.13 Å². The topological polar surface area (TPSA) is 36.4 Å². The van der Waals surface area contributed by atoms with Gasteiger partial charge in [-0.25, -0.2) is 4.98 Å². The molecule has 1 aromatic heterocycles. The van der Waals surface area contributed by atoms with Crippen LogP contribution in [-0.4, -0.2) is 48.7 Å². The first-order valence-electron chi connectivity index (χ1n) is 9.94. The molecule has 0 saturated heterocycles. The van der Waals surface area contributed by atoms with Gasteiger partial charge in [-0.3, -0.25) is 9.69 Å². The maximum atomic E-state index is 13.0. The van der Waals surface area contributed by atoms with E-state index in [1.807, 2.05) is 36.8 Å². The Hall–Kier alpha value is -1.60. The van der Waals surface area contributed by atoms with Crippen molar-refractivity contribution >= 4 is 56.8 Å². The lowest BCUT2D eigenvalue weighted by atomic mass is 10.2. The number of nitrogens with zero attached hydrogens (tertiary/aromatic N) is 3. The zero-order valence-electron chi connectivity index (χ0n) is 18.1. The van der Waals surface area contributed by atoms with E-state index in [9.17, 15) is 4.79 Å². The van der Waals surface area contributed by atoms with E-state index < -0.39 is 0 Å². The fraction of sp³-hybridized carbons (Fsp3) is 0.391. The lowest BCUT2D eigenvalue weighted by Crippen LogP contribution is -2.36. The predicted molar refractivity (Wildman–Crippen MR) is 134 cm³/mol. The van der Waals surface area contributed by atoms with Crippen LogP contribution in [0.3, 0.4) is 0 Å². The van der Waals surface area contributed by atoms with Crippen LogP contribution in [0, 0.1) is 13.8 Å². The van der Waals surface area contributed by atoms with Crippen molar-refractivity contribution in [2.75, 3.05) is 37.8 Å². The summed E-state index contributed by atoms with van der Waals surface area (Å²) < 4.78 is 1.14. The maximum absolute atomic E-state index is 13.0. The number of carbonyl (C=O) groups is 1. The molecular weight excluding hydrogens is 434 g/mol. The number of rotatable bonds is 9. The van der Waals surface area contributed by atoms with Gasteiger partial charge in [-0.2, -0.15) is 0 Å². The van der Waals surface area contributed by atoms with Crippen LogP contribution in [0.15, 0.2) is 47.4 Å². The molecule has 0 spiro atoms. The summed E-state index contributed by atoms with van der Waals surface area (Å²) in [5, 5.41) is 0.809. The van der Waals surface area contributed by atoms with Crippen molar-refractivity contribution in [3.63, 3.8) is 0 Å². The third-order valence-corrected chi connectivity index (χ3v) is 6.80. The van der Waals surface area contributed by atoms with Gasteiger partial charge in [0.2, 0.25) is 5.91 Å². The molecule has 0 aliphatic carbocycles. The molecule has 1 amide bonds. The molecule has 162 valence electrons. The summed E-state index contributed by atoms with van der Waals surface area (Å²) in [5.41, 5.74) is 3.45. The fourth-order valence-corrected chi connectivity index (χ4v) is 4.90. The van der Waals surface area contributed by atoms with Gasteiger partial charge in [0.1, 0.15) is 0 Å². The van der Waals surface area contributed by atoms with E-state index in [2.05, 4.69) is 55.1 Å². The summed E-state index contributed by atoms with van der Waals surface area (Å²) in [7, 11) is 4.06. The molecule has 3 aromatic rings. The van der Waals surface area contributed by atoms with Gasteiger partial charge in [-0.1, -0.05) is 35.1 Å². The number of carbonyl (C=O) groups excluding carboxylic acids is 1. The van der Waals surface area contributed by atoms with E-state index in [1.54, 1.807) is 11.3 Å². The van der Waals surface area contributed by atoms with Gasteiger partial charge in [0.05, 0.1) is 10.2 Å². The van der Waals surface area contributed by atoms with Crippen LogP contribution in [0.4, 0.5) is 5.13 Å². The molecule has 0 N–H and O–H groups in total. The molecule has 0 unspecified atom stereocenters. The number of aromatic nitrogens is 1. The summed E-state index contributed by atoms with van der Waals surface area (Å²) in [6.45, 7) is 5.66. The van der Waals surface area contributed by atoms with Crippen molar-refractivity contribution in [1.29, 1.82) is 0 Å². The molecular formula is C23H30ClN3OS2. The van der Waals surface area contributed by atoms with Gasteiger partial charge in [-0.05, 0) is 69.9 Å². The second kappa shape index (κ2) is 11.7. The molecule has 0 bridgehead atoms. The Kier molecular flexibility index (Phi) is 9.62. The molecule has 4 nitrogen and oxygen atoms in total. The number of halogens is 1. The zero-order valence-corrected chi connectivity index (χ0v) is 20.5. The number of benzene rings is 2. The highest BCUT2D eigenvalue weighted by Gasteiger charge is 2.19. The number of hydrogen-bond acceptors (Lipinski definition) is 5. The first kappa shape index (κ1) is 24.7. The van der Waals surface area contributed by atoms with Gasteiger partial charge in [0, 0.05) is 24.4 Å². The largest absolute Gasteiger partial charge is 0.308 e. The number of aryl methyl sites for hydroxylation is 2. The van der Waals surface area contributed by atoms with E-state index in [0.29, 0.717) is 13.0 Å². The lowest BCUT2D eigenvalue weighted by Gasteiger charge is -2.22. The van der Waals surface area contributed by atoms with Gasteiger partial charge < -0.3 is 4.90 Å². The van der Waals surface area contributed by atoms with Crippen LogP contribution < -0.4 is 4.90 Å². The summed E-state index contributed by atoms with van der Waals surface area (Å²) in [4.78, 5) is 23.0. The average Bonchev–Trinajstić information content (AvgIpc) is 3.09. The molecule has 0 aliphatic heterocycles. The minimum atomic E-state index is 0. The highest BCUT2D eigenvalue weighted by molar-refractivity contribution is 7.99. The maximum Gasteiger partial charge on any atom is 0.228 e. The van der Waals surface area contributed by atoms with Crippen LogP contribution in [-0.2, 0) is 4.79 Å². The molecule has 30 heavy (non-hydrogen) atoms. The van der Waals surface area contributed by atoms with Crippen LogP contribution >= 0.6 is 35.5 Å². The average molecular weight is 464 g/mol. The standard InChI is InChI=1S/C23H29N3OS2.ClH/c1-17-7-10-19(11-8-17)28-15-5-6-22(27)26(14-13-25(3)4)23-24-20-12-9-18(2)16-21(20)29-23;/h7-12,16H,5-6,13-15H2,1-4H3;1H. The monoisotopic (exact) mass is 463 g/mol. The normalized spacial score (nSPS) is 11.0. The van der Waals surface area contributed by atoms with E-state index in [4.69, 9.17) is 4.98 Å². The third kappa shape index (κ3) is 6.98. The summed E-state index contributed by atoms with van der Waals surface area (Å²) in [6.07, 6.45) is 1.40. The highest BCUT2D eigenvalue weighted by Crippen LogP contribution is 2.30. The molecule has 3 rings (SSSR count). The first-order valence-corrected chi connectivity index (χ1v) is 11.7. The van der Waals surface area contributed by atoms with E-state index in [0.717, 1.165) is 34.1 Å². The number of fused-ring (bicyclic) bond motifs is 1. The Bertz CT molecular complexity index is 957. The van der Waals surface area contributed by atoms with Crippen LogP contribution in [0.1, 0.15) is 24.0 Å². The van der Waals surface area contributed by atoms with E-state index in [-0.39, 0.29) is 18.3 Å². The zero-order chi connectivity index (χ0) is 20.8. The van der Waals surface area contributed by atoms with Gasteiger partial charge in [-0.15, -0.1) is 24.2 Å². The predicted octanol–water partition coefficient (Wildman–Crippen LogP) is 5.80. The summed E-state index contributed by atoms with van der Waals surface area (Å²) in [5.74, 6) is 1.10. The van der Waals surface area contributed by atoms with Crippen molar-refractivity contribution in [3.05, 3.63) is 53.6 Å². The molecule has 0 aliphatic rings. The highest BCUT2D eigenvalue weighted by atomic mass is 35.5. The summed E-state index contributed by atoms with van der Waals surface area (Å²) >= 11 is 3.42. The third-order valence-electron chi connectivity index (χ3n) is 4.66. The van der Waals surface area contributed by atoms with E-state index in [1.165, 1.54) is 16.0 Å². The van der Waals surface area contributed by atoms with Crippen molar-refractivity contribution in [2.45, 2.75) is 31.6 Å². The number of hydrogen-bond donors (Lipinski definition) is 0. The van der Waals surface area contributed by atoms with Crippen LogP contribution in [0.25, 0.3) is 10.2 Å². The SMILES string of the molecule is Cc1ccc(SCCCC(=O)N(CCN(C)C)c2nc3ccc(C)cc3s2)cc1.Cl. The minimum Gasteiger partial charge on any atom is -0.308 e. The quantitative estimate of drug-likeness (QED) is 0.296. The van der Waals surface area contributed by atoms with Crippen LogP contribution in [0.5, 0.6) is 0 Å². The Morgan fingerprint density at radius 2 is 1.73 bits per heavy atom. The van der Waals surface area contributed by atoms with Crippen LogP contribution in [0.2, 0.25) is 0 Å². The Balaban J connectivity index is 0.00000320.